The highest BCUT2D eigenvalue weighted by molar-refractivity contribution is 5.51. The van der Waals surface area contributed by atoms with Crippen LogP contribution < -0.4 is 5.32 Å². The first-order chi connectivity index (χ1) is 6.88. The van der Waals surface area contributed by atoms with Crippen LogP contribution in [-0.2, 0) is 6.42 Å². The molecule has 0 heterocycles. The zero-order valence-corrected chi connectivity index (χ0v) is 8.03. The predicted octanol–water partition coefficient (Wildman–Crippen LogP) is 1.55. The molecule has 3 nitrogen and oxygen atoms in total. The van der Waals surface area contributed by atoms with Crippen LogP contribution in [0.4, 0.5) is 5.69 Å². The lowest BCUT2D eigenvalue weighted by atomic mass is 10.1. The Morgan fingerprint density at radius 3 is 2.86 bits per heavy atom. The molecule has 0 spiro atoms. The first-order valence-electron chi connectivity index (χ1n) is 4.68. The van der Waals surface area contributed by atoms with Crippen molar-refractivity contribution in [2.24, 2.45) is 0 Å². The van der Waals surface area contributed by atoms with Crippen molar-refractivity contribution in [1.29, 1.82) is 5.26 Å². The van der Waals surface area contributed by atoms with Gasteiger partial charge in [0.15, 0.2) is 0 Å². The highest BCUT2D eigenvalue weighted by Gasteiger charge is 1.99. The molecule has 1 rings (SSSR count). The second-order valence-electron chi connectivity index (χ2n) is 2.97. The van der Waals surface area contributed by atoms with Gasteiger partial charge in [-0.15, -0.1) is 0 Å². The van der Waals surface area contributed by atoms with Gasteiger partial charge in [0.1, 0.15) is 0 Å². The molecule has 2 N–H and O–H groups in total. The number of nitriles is 1. The average molecular weight is 190 g/mol. The summed E-state index contributed by atoms with van der Waals surface area (Å²) in [5, 5.41) is 20.4. The minimum absolute atomic E-state index is 0.150. The molecule has 0 aliphatic carbocycles. The third-order valence-corrected chi connectivity index (χ3v) is 1.95. The molecule has 0 atom stereocenters. The van der Waals surface area contributed by atoms with Gasteiger partial charge in [-0.05, 0) is 18.1 Å². The van der Waals surface area contributed by atoms with Gasteiger partial charge in [-0.3, -0.25) is 0 Å². The molecule has 0 fully saturated rings. The number of anilines is 1. The molecular weight excluding hydrogens is 176 g/mol. The van der Waals surface area contributed by atoms with Crippen LogP contribution in [0.2, 0.25) is 0 Å². The Morgan fingerprint density at radius 1 is 1.36 bits per heavy atom. The summed E-state index contributed by atoms with van der Waals surface area (Å²) in [6, 6.07) is 9.90. The van der Waals surface area contributed by atoms with Gasteiger partial charge in [-0.1, -0.05) is 18.2 Å². The summed E-state index contributed by atoms with van der Waals surface area (Å²) >= 11 is 0. The maximum atomic E-state index is 8.84. The summed E-state index contributed by atoms with van der Waals surface area (Å²) < 4.78 is 0. The normalized spacial score (nSPS) is 9.43. The Balaban J connectivity index is 2.60. The van der Waals surface area contributed by atoms with Crippen molar-refractivity contribution >= 4 is 5.69 Å². The van der Waals surface area contributed by atoms with Crippen molar-refractivity contribution in [3.63, 3.8) is 0 Å². The standard InChI is InChI=1S/C11H14N2O/c12-7-3-8-13-11-5-2-1-4-10(11)6-9-14/h1-2,4-5,13-14H,3,6,8-9H2. The Hall–Kier alpha value is -1.53. The molecule has 1 aromatic carbocycles. The summed E-state index contributed by atoms with van der Waals surface area (Å²) in [7, 11) is 0. The molecule has 0 radical (unpaired) electrons. The van der Waals surface area contributed by atoms with E-state index in [1.54, 1.807) is 0 Å². The van der Waals surface area contributed by atoms with E-state index in [1.807, 2.05) is 24.3 Å². The van der Waals surface area contributed by atoms with Gasteiger partial charge in [0, 0.05) is 18.8 Å². The van der Waals surface area contributed by atoms with Gasteiger partial charge in [-0.2, -0.15) is 5.26 Å². The maximum absolute atomic E-state index is 8.84. The largest absolute Gasteiger partial charge is 0.396 e. The molecule has 14 heavy (non-hydrogen) atoms. The zero-order valence-electron chi connectivity index (χ0n) is 8.03. The molecule has 0 aliphatic rings. The number of nitrogens with one attached hydrogen (secondary N) is 1. The summed E-state index contributed by atoms with van der Waals surface area (Å²) in [6.07, 6.45) is 1.14. The number of rotatable bonds is 5. The van der Waals surface area contributed by atoms with Crippen molar-refractivity contribution in [2.45, 2.75) is 12.8 Å². The number of benzene rings is 1. The van der Waals surface area contributed by atoms with Gasteiger partial charge in [0.25, 0.3) is 0 Å². The summed E-state index contributed by atoms with van der Waals surface area (Å²) in [5.41, 5.74) is 2.10. The maximum Gasteiger partial charge on any atom is 0.0640 e. The highest BCUT2D eigenvalue weighted by Crippen LogP contribution is 2.14. The van der Waals surface area contributed by atoms with Crippen molar-refractivity contribution in [3.8, 4) is 6.07 Å². The molecule has 0 saturated heterocycles. The Labute approximate surface area is 84.0 Å². The van der Waals surface area contributed by atoms with Gasteiger partial charge < -0.3 is 10.4 Å². The van der Waals surface area contributed by atoms with Crippen LogP contribution in [0.15, 0.2) is 24.3 Å². The molecule has 0 bridgehead atoms. The lowest BCUT2D eigenvalue weighted by Gasteiger charge is -2.09. The van der Waals surface area contributed by atoms with Gasteiger partial charge in [0.05, 0.1) is 12.5 Å². The summed E-state index contributed by atoms with van der Waals surface area (Å²) in [4.78, 5) is 0. The van der Waals surface area contributed by atoms with Crippen molar-refractivity contribution in [1.82, 2.24) is 0 Å². The van der Waals surface area contributed by atoms with Crippen LogP contribution in [0, 0.1) is 11.3 Å². The molecule has 0 saturated carbocycles. The van der Waals surface area contributed by atoms with E-state index >= 15 is 0 Å². The minimum Gasteiger partial charge on any atom is -0.396 e. The van der Waals surface area contributed by atoms with E-state index in [0.717, 1.165) is 11.3 Å². The summed E-state index contributed by atoms with van der Waals surface area (Å²) in [6.45, 7) is 0.801. The third kappa shape index (κ3) is 3.08. The zero-order chi connectivity index (χ0) is 10.2. The van der Waals surface area contributed by atoms with Crippen LogP contribution in [-0.4, -0.2) is 18.3 Å². The van der Waals surface area contributed by atoms with E-state index in [0.29, 0.717) is 19.4 Å². The van der Waals surface area contributed by atoms with Crippen LogP contribution in [0.1, 0.15) is 12.0 Å². The van der Waals surface area contributed by atoms with Crippen LogP contribution in [0.5, 0.6) is 0 Å². The molecular formula is C11H14N2O. The van der Waals surface area contributed by atoms with Crippen molar-refractivity contribution in [2.75, 3.05) is 18.5 Å². The Bertz CT molecular complexity index is 317. The van der Waals surface area contributed by atoms with E-state index < -0.39 is 0 Å². The fourth-order valence-corrected chi connectivity index (χ4v) is 1.28. The number of hydrogen-bond donors (Lipinski definition) is 2. The second-order valence-corrected chi connectivity index (χ2v) is 2.97. The van der Waals surface area contributed by atoms with E-state index in [1.165, 1.54) is 0 Å². The molecule has 1 aromatic rings. The van der Waals surface area contributed by atoms with Gasteiger partial charge >= 0.3 is 0 Å². The Morgan fingerprint density at radius 2 is 2.14 bits per heavy atom. The number of aliphatic hydroxyl groups is 1. The lowest BCUT2D eigenvalue weighted by molar-refractivity contribution is 0.300. The van der Waals surface area contributed by atoms with Crippen LogP contribution >= 0.6 is 0 Å². The van der Waals surface area contributed by atoms with Crippen LogP contribution in [0.25, 0.3) is 0 Å². The number of hydrogen-bond acceptors (Lipinski definition) is 3. The number of aliphatic hydroxyl groups excluding tert-OH is 1. The van der Waals surface area contributed by atoms with E-state index in [9.17, 15) is 0 Å². The molecule has 0 unspecified atom stereocenters. The van der Waals surface area contributed by atoms with Crippen molar-refractivity contribution < 1.29 is 5.11 Å². The lowest BCUT2D eigenvalue weighted by Crippen LogP contribution is -2.04. The quantitative estimate of drug-likeness (QED) is 0.692. The fraction of sp³-hybridized carbons (Fsp3) is 0.364. The third-order valence-electron chi connectivity index (χ3n) is 1.95. The smallest absolute Gasteiger partial charge is 0.0640 e. The first kappa shape index (κ1) is 10.6. The molecule has 0 aliphatic heterocycles. The number of para-hydroxylation sites is 1. The van der Waals surface area contributed by atoms with Crippen molar-refractivity contribution in [3.05, 3.63) is 29.8 Å². The van der Waals surface area contributed by atoms with Gasteiger partial charge in [-0.25, -0.2) is 0 Å². The monoisotopic (exact) mass is 190 g/mol. The summed E-state index contributed by atoms with van der Waals surface area (Å²) in [5.74, 6) is 0. The minimum atomic E-state index is 0.150. The van der Waals surface area contributed by atoms with Crippen LogP contribution in [0.3, 0.4) is 0 Å². The van der Waals surface area contributed by atoms with E-state index in [4.69, 9.17) is 10.4 Å². The average Bonchev–Trinajstić information content (AvgIpc) is 2.21. The molecule has 0 amide bonds. The molecule has 3 heteroatoms. The predicted molar refractivity (Wildman–Crippen MR) is 56.0 cm³/mol. The SMILES string of the molecule is N#CCCNc1ccccc1CCO. The first-order valence-corrected chi connectivity index (χ1v) is 4.68. The van der Waals surface area contributed by atoms with Gasteiger partial charge in [0.2, 0.25) is 0 Å². The molecule has 0 aromatic heterocycles. The fourth-order valence-electron chi connectivity index (χ4n) is 1.28. The Kier molecular flexibility index (Phi) is 4.53. The molecule has 74 valence electrons. The highest BCUT2D eigenvalue weighted by atomic mass is 16.2. The topological polar surface area (TPSA) is 56.0 Å². The van der Waals surface area contributed by atoms with E-state index in [2.05, 4.69) is 11.4 Å². The second kappa shape index (κ2) is 6.01. The number of nitrogens with zero attached hydrogens (tertiary/aromatic N) is 1. The van der Waals surface area contributed by atoms with E-state index in [-0.39, 0.29) is 6.61 Å².